The Hall–Kier alpha value is -0.570. The topological polar surface area (TPSA) is 46.5 Å². The molecule has 0 aromatic heterocycles. The van der Waals surface area contributed by atoms with Crippen LogP contribution in [-0.4, -0.2) is 23.8 Å². The molecule has 88 valence electrons. The fourth-order valence-corrected chi connectivity index (χ4v) is 2.31. The van der Waals surface area contributed by atoms with Crippen LogP contribution in [0.5, 0.6) is 0 Å². The SMILES string of the molecule is CCC(O)C1CCC(COC(C)=O)CC1. The lowest BCUT2D eigenvalue weighted by atomic mass is 9.79. The lowest BCUT2D eigenvalue weighted by Gasteiger charge is -2.30. The van der Waals surface area contributed by atoms with Gasteiger partial charge in [0.1, 0.15) is 0 Å². The number of hydrogen-bond donors (Lipinski definition) is 1. The second-order valence-corrected chi connectivity index (χ2v) is 4.56. The molecule has 0 aliphatic heterocycles. The molecule has 0 aromatic rings. The van der Waals surface area contributed by atoms with Gasteiger partial charge in [0.05, 0.1) is 12.7 Å². The Morgan fingerprint density at radius 3 is 2.47 bits per heavy atom. The minimum atomic E-state index is -0.189. The molecule has 0 aromatic carbocycles. The zero-order valence-electron chi connectivity index (χ0n) is 9.74. The fraction of sp³-hybridized carbons (Fsp3) is 0.917. The molecule has 3 heteroatoms. The molecule has 0 heterocycles. The number of ether oxygens (including phenoxy) is 1. The number of carbonyl (C=O) groups excluding carboxylic acids is 1. The van der Waals surface area contributed by atoms with Crippen molar-refractivity contribution in [2.75, 3.05) is 6.61 Å². The van der Waals surface area contributed by atoms with Gasteiger partial charge >= 0.3 is 5.97 Å². The standard InChI is InChI=1S/C12H22O3/c1-3-12(14)11-6-4-10(5-7-11)8-15-9(2)13/h10-12,14H,3-8H2,1-2H3. The summed E-state index contributed by atoms with van der Waals surface area (Å²) in [5.74, 6) is 0.781. The van der Waals surface area contributed by atoms with E-state index in [-0.39, 0.29) is 12.1 Å². The summed E-state index contributed by atoms with van der Waals surface area (Å²) < 4.78 is 5.00. The molecule has 1 atom stereocenters. The van der Waals surface area contributed by atoms with E-state index in [1.54, 1.807) is 0 Å². The second kappa shape index (κ2) is 6.11. The number of rotatable bonds is 4. The molecule has 1 rings (SSSR count). The van der Waals surface area contributed by atoms with Crippen LogP contribution in [0.2, 0.25) is 0 Å². The molecule has 0 saturated heterocycles. The van der Waals surface area contributed by atoms with E-state index in [0.29, 0.717) is 18.4 Å². The van der Waals surface area contributed by atoms with Crippen molar-refractivity contribution in [2.45, 2.75) is 52.1 Å². The Bertz CT molecular complexity index is 195. The minimum absolute atomic E-state index is 0.139. The molecule has 3 nitrogen and oxygen atoms in total. The fourth-order valence-electron chi connectivity index (χ4n) is 2.31. The van der Waals surface area contributed by atoms with Crippen LogP contribution in [-0.2, 0) is 9.53 Å². The summed E-state index contributed by atoms with van der Waals surface area (Å²) >= 11 is 0. The van der Waals surface area contributed by atoms with Gasteiger partial charge in [-0.25, -0.2) is 0 Å². The van der Waals surface area contributed by atoms with Gasteiger partial charge in [0.2, 0.25) is 0 Å². The number of aliphatic hydroxyl groups excluding tert-OH is 1. The van der Waals surface area contributed by atoms with E-state index in [9.17, 15) is 9.90 Å². The van der Waals surface area contributed by atoms with Gasteiger partial charge < -0.3 is 9.84 Å². The number of carbonyl (C=O) groups is 1. The van der Waals surface area contributed by atoms with Crippen molar-refractivity contribution in [3.05, 3.63) is 0 Å². The first-order valence-corrected chi connectivity index (χ1v) is 5.95. The molecule has 1 saturated carbocycles. The molecule has 15 heavy (non-hydrogen) atoms. The molecule has 0 bridgehead atoms. The van der Waals surface area contributed by atoms with E-state index in [4.69, 9.17) is 4.74 Å². The molecular formula is C12H22O3. The van der Waals surface area contributed by atoms with E-state index in [1.165, 1.54) is 6.92 Å². The van der Waals surface area contributed by atoms with Gasteiger partial charge in [-0.05, 0) is 43.9 Å². The maximum atomic E-state index is 10.6. The van der Waals surface area contributed by atoms with Crippen LogP contribution in [0, 0.1) is 11.8 Å². The molecule has 0 amide bonds. The Labute approximate surface area is 91.8 Å². The maximum Gasteiger partial charge on any atom is 0.302 e. The summed E-state index contributed by atoms with van der Waals surface area (Å²) in [6, 6.07) is 0. The normalized spacial score (nSPS) is 28.5. The van der Waals surface area contributed by atoms with Crippen molar-refractivity contribution in [1.82, 2.24) is 0 Å². The van der Waals surface area contributed by atoms with Crippen LogP contribution in [0.4, 0.5) is 0 Å². The Morgan fingerprint density at radius 2 is 2.00 bits per heavy atom. The molecule has 1 aliphatic rings. The average Bonchev–Trinajstić information content (AvgIpc) is 2.26. The van der Waals surface area contributed by atoms with Gasteiger partial charge in [0.25, 0.3) is 0 Å². The third kappa shape index (κ3) is 4.20. The number of esters is 1. The van der Waals surface area contributed by atoms with Gasteiger partial charge in [0.15, 0.2) is 0 Å². The Morgan fingerprint density at radius 1 is 1.40 bits per heavy atom. The summed E-state index contributed by atoms with van der Waals surface area (Å²) in [5.41, 5.74) is 0. The van der Waals surface area contributed by atoms with Crippen molar-refractivity contribution in [3.8, 4) is 0 Å². The van der Waals surface area contributed by atoms with Crippen molar-refractivity contribution < 1.29 is 14.6 Å². The Kier molecular flexibility index (Phi) is 5.09. The third-order valence-corrected chi connectivity index (χ3v) is 3.38. The zero-order valence-corrected chi connectivity index (χ0v) is 9.74. The van der Waals surface area contributed by atoms with Crippen molar-refractivity contribution in [1.29, 1.82) is 0 Å². The van der Waals surface area contributed by atoms with Gasteiger partial charge in [0, 0.05) is 6.92 Å². The van der Waals surface area contributed by atoms with Crippen LogP contribution in [0.1, 0.15) is 46.0 Å². The monoisotopic (exact) mass is 214 g/mol. The third-order valence-electron chi connectivity index (χ3n) is 3.38. The summed E-state index contributed by atoms with van der Waals surface area (Å²) in [6.45, 7) is 4.03. The Balaban J connectivity index is 2.20. The van der Waals surface area contributed by atoms with Crippen LogP contribution in [0.15, 0.2) is 0 Å². The quantitative estimate of drug-likeness (QED) is 0.729. The van der Waals surface area contributed by atoms with Crippen molar-refractivity contribution >= 4 is 5.97 Å². The van der Waals surface area contributed by atoms with Crippen LogP contribution < -0.4 is 0 Å². The lowest BCUT2D eigenvalue weighted by Crippen LogP contribution is -2.27. The largest absolute Gasteiger partial charge is 0.466 e. The molecule has 1 fully saturated rings. The first-order chi connectivity index (χ1) is 7.13. The van der Waals surface area contributed by atoms with Crippen molar-refractivity contribution in [2.24, 2.45) is 11.8 Å². The van der Waals surface area contributed by atoms with E-state index in [2.05, 4.69) is 0 Å². The molecule has 0 spiro atoms. The highest BCUT2D eigenvalue weighted by atomic mass is 16.5. The molecular weight excluding hydrogens is 192 g/mol. The van der Waals surface area contributed by atoms with Gasteiger partial charge in [-0.2, -0.15) is 0 Å². The molecule has 1 unspecified atom stereocenters. The smallest absolute Gasteiger partial charge is 0.302 e. The summed E-state index contributed by atoms with van der Waals surface area (Å²) in [4.78, 5) is 10.6. The predicted octanol–water partition coefficient (Wildman–Crippen LogP) is 2.13. The first-order valence-electron chi connectivity index (χ1n) is 5.95. The van der Waals surface area contributed by atoms with Crippen LogP contribution in [0.25, 0.3) is 0 Å². The van der Waals surface area contributed by atoms with Gasteiger partial charge in [-0.3, -0.25) is 4.79 Å². The highest BCUT2D eigenvalue weighted by molar-refractivity contribution is 5.65. The van der Waals surface area contributed by atoms with Crippen LogP contribution in [0.3, 0.4) is 0 Å². The summed E-state index contributed by atoms with van der Waals surface area (Å²) in [7, 11) is 0. The van der Waals surface area contributed by atoms with E-state index >= 15 is 0 Å². The highest BCUT2D eigenvalue weighted by Crippen LogP contribution is 2.31. The maximum absolute atomic E-state index is 10.6. The minimum Gasteiger partial charge on any atom is -0.466 e. The predicted molar refractivity (Wildman–Crippen MR) is 58.4 cm³/mol. The molecule has 1 N–H and O–H groups in total. The average molecular weight is 214 g/mol. The lowest BCUT2D eigenvalue weighted by molar-refractivity contribution is -0.142. The summed E-state index contributed by atoms with van der Waals surface area (Å²) in [6.07, 6.45) is 5.00. The second-order valence-electron chi connectivity index (χ2n) is 4.56. The van der Waals surface area contributed by atoms with Gasteiger partial charge in [-0.1, -0.05) is 6.92 Å². The molecule has 1 aliphatic carbocycles. The molecule has 0 radical (unpaired) electrons. The number of aliphatic hydroxyl groups is 1. The first kappa shape index (κ1) is 12.5. The van der Waals surface area contributed by atoms with Crippen molar-refractivity contribution in [3.63, 3.8) is 0 Å². The highest BCUT2D eigenvalue weighted by Gasteiger charge is 2.25. The zero-order chi connectivity index (χ0) is 11.3. The van der Waals surface area contributed by atoms with E-state index in [0.717, 1.165) is 32.1 Å². The number of hydrogen-bond acceptors (Lipinski definition) is 3. The van der Waals surface area contributed by atoms with Crippen LogP contribution >= 0.6 is 0 Å². The van der Waals surface area contributed by atoms with E-state index in [1.807, 2.05) is 6.92 Å². The van der Waals surface area contributed by atoms with Gasteiger partial charge in [-0.15, -0.1) is 0 Å². The van der Waals surface area contributed by atoms with E-state index < -0.39 is 0 Å². The summed E-state index contributed by atoms with van der Waals surface area (Å²) in [5, 5.41) is 9.70.